The molecule has 0 aliphatic rings. The van der Waals surface area contributed by atoms with E-state index >= 15 is 0 Å². The largest absolute Gasteiger partial charge is 0.508 e. The van der Waals surface area contributed by atoms with E-state index in [1.54, 1.807) is 37.5 Å². The van der Waals surface area contributed by atoms with Gasteiger partial charge in [0.2, 0.25) is 0 Å². The first kappa shape index (κ1) is 15.2. The second kappa shape index (κ2) is 8.29. The van der Waals surface area contributed by atoms with Crippen LogP contribution in [0.5, 0.6) is 5.75 Å². The van der Waals surface area contributed by atoms with Crippen molar-refractivity contribution in [1.82, 2.24) is 0 Å². The van der Waals surface area contributed by atoms with Gasteiger partial charge in [-0.15, -0.1) is 0 Å². The molecule has 0 fully saturated rings. The summed E-state index contributed by atoms with van der Waals surface area (Å²) in [5.74, 6) is -0.270. The Kier molecular flexibility index (Phi) is 6.63. The van der Waals surface area contributed by atoms with Crippen molar-refractivity contribution in [3.63, 3.8) is 0 Å². The van der Waals surface area contributed by atoms with Gasteiger partial charge in [-0.3, -0.25) is 0 Å². The van der Waals surface area contributed by atoms with Crippen LogP contribution in [0.3, 0.4) is 0 Å². The van der Waals surface area contributed by atoms with Crippen LogP contribution >= 0.6 is 0 Å². The van der Waals surface area contributed by atoms with Crippen molar-refractivity contribution < 1.29 is 24.1 Å². The number of benzene rings is 1. The Labute approximate surface area is 112 Å². The van der Waals surface area contributed by atoms with Crippen LogP contribution < -0.4 is 0 Å². The highest BCUT2D eigenvalue weighted by Crippen LogP contribution is 2.10. The number of hydrogen-bond acceptors (Lipinski definition) is 5. The number of esters is 1. The summed E-state index contributed by atoms with van der Waals surface area (Å²) in [7, 11) is 3.09. The summed E-state index contributed by atoms with van der Waals surface area (Å²) in [6.45, 7) is 0.508. The molecule has 1 aromatic carbocycles. The van der Waals surface area contributed by atoms with Gasteiger partial charge in [-0.2, -0.15) is 0 Å². The third-order valence-electron chi connectivity index (χ3n) is 2.40. The predicted octanol–water partition coefficient (Wildman–Crippen LogP) is 1.61. The molecular formula is C14H18O5. The molecular weight excluding hydrogens is 248 g/mol. The molecule has 0 bridgehead atoms. The highest BCUT2D eigenvalue weighted by molar-refractivity contribution is 5.87. The van der Waals surface area contributed by atoms with Crippen molar-refractivity contribution in [1.29, 1.82) is 0 Å². The third-order valence-corrected chi connectivity index (χ3v) is 2.40. The average molecular weight is 266 g/mol. The van der Waals surface area contributed by atoms with Crippen LogP contribution in [0.15, 0.2) is 30.3 Å². The Hall–Kier alpha value is -1.85. The first-order valence-corrected chi connectivity index (χ1v) is 5.81. The summed E-state index contributed by atoms with van der Waals surface area (Å²) < 4.78 is 15.0. The highest BCUT2D eigenvalue weighted by Gasteiger charge is 2.08. The van der Waals surface area contributed by atoms with Gasteiger partial charge in [0, 0.05) is 20.3 Å². The van der Waals surface area contributed by atoms with Gasteiger partial charge in [0.1, 0.15) is 18.5 Å². The maximum atomic E-state index is 11.5. The van der Waals surface area contributed by atoms with Crippen LogP contribution in [-0.2, 0) is 19.0 Å². The molecule has 0 aromatic heterocycles. The number of carbonyl (C=O) groups is 1. The molecule has 0 saturated heterocycles. The third kappa shape index (κ3) is 6.03. The van der Waals surface area contributed by atoms with E-state index in [2.05, 4.69) is 0 Å². The molecule has 1 atom stereocenters. The average Bonchev–Trinajstić information content (AvgIpc) is 2.42. The van der Waals surface area contributed by atoms with E-state index in [-0.39, 0.29) is 18.5 Å². The van der Waals surface area contributed by atoms with Crippen molar-refractivity contribution in [2.45, 2.75) is 6.10 Å². The summed E-state index contributed by atoms with van der Waals surface area (Å²) >= 11 is 0. The molecule has 0 aliphatic heterocycles. The molecule has 1 rings (SSSR count). The number of ether oxygens (including phenoxy) is 3. The van der Waals surface area contributed by atoms with Gasteiger partial charge in [0.05, 0.1) is 6.61 Å². The number of phenolic OH excluding ortho intramolecular Hbond substituents is 1. The normalized spacial score (nSPS) is 12.5. The molecule has 0 aliphatic carbocycles. The standard InChI is InChI=1S/C14H18O5/c1-17-9-13(18-2)10-19-14(16)8-5-11-3-6-12(15)7-4-11/h3-8,13,15H,9-10H2,1-2H3/b8-5+/t13-/m0/s1. The molecule has 5 heteroatoms. The lowest BCUT2D eigenvalue weighted by atomic mass is 10.2. The fraction of sp³-hybridized carbons (Fsp3) is 0.357. The van der Waals surface area contributed by atoms with E-state index in [1.807, 2.05) is 0 Å². The first-order valence-electron chi connectivity index (χ1n) is 5.81. The molecule has 0 unspecified atom stereocenters. The van der Waals surface area contributed by atoms with Crippen molar-refractivity contribution in [3.8, 4) is 5.75 Å². The molecule has 5 nitrogen and oxygen atoms in total. The van der Waals surface area contributed by atoms with Crippen LogP contribution in [-0.4, -0.2) is 44.6 Å². The van der Waals surface area contributed by atoms with Crippen LogP contribution in [0.4, 0.5) is 0 Å². The van der Waals surface area contributed by atoms with Gasteiger partial charge in [-0.1, -0.05) is 12.1 Å². The molecule has 0 saturated carbocycles. The number of phenols is 1. The van der Waals surface area contributed by atoms with Gasteiger partial charge < -0.3 is 19.3 Å². The van der Waals surface area contributed by atoms with E-state index in [0.29, 0.717) is 6.61 Å². The van der Waals surface area contributed by atoms with Crippen molar-refractivity contribution in [2.24, 2.45) is 0 Å². The van der Waals surface area contributed by atoms with Crippen molar-refractivity contribution in [2.75, 3.05) is 27.4 Å². The Balaban J connectivity index is 2.40. The van der Waals surface area contributed by atoms with Gasteiger partial charge in [0.25, 0.3) is 0 Å². The summed E-state index contributed by atoms with van der Waals surface area (Å²) in [5, 5.41) is 9.12. The lowest BCUT2D eigenvalue weighted by molar-refractivity contribution is -0.142. The monoisotopic (exact) mass is 266 g/mol. The van der Waals surface area contributed by atoms with Crippen LogP contribution in [0.2, 0.25) is 0 Å². The summed E-state index contributed by atoms with van der Waals surface area (Å²) in [5.41, 5.74) is 0.801. The smallest absolute Gasteiger partial charge is 0.330 e. The van der Waals surface area contributed by atoms with E-state index < -0.39 is 5.97 Å². The van der Waals surface area contributed by atoms with Crippen LogP contribution in [0.1, 0.15) is 5.56 Å². The lowest BCUT2D eigenvalue weighted by Crippen LogP contribution is -2.24. The minimum atomic E-state index is -0.453. The van der Waals surface area contributed by atoms with Crippen molar-refractivity contribution in [3.05, 3.63) is 35.9 Å². The molecule has 0 amide bonds. The maximum absolute atomic E-state index is 11.5. The van der Waals surface area contributed by atoms with Crippen LogP contribution in [0, 0.1) is 0 Å². The number of methoxy groups -OCH3 is 2. The second-order valence-corrected chi connectivity index (χ2v) is 3.87. The zero-order valence-electron chi connectivity index (χ0n) is 11.0. The molecule has 1 N–H and O–H groups in total. The van der Waals surface area contributed by atoms with Gasteiger partial charge in [0.15, 0.2) is 0 Å². The SMILES string of the molecule is COC[C@@H](COC(=O)/C=C/c1ccc(O)cc1)OC. The lowest BCUT2D eigenvalue weighted by Gasteiger charge is -2.13. The quantitative estimate of drug-likeness (QED) is 0.600. The van der Waals surface area contributed by atoms with E-state index in [4.69, 9.17) is 19.3 Å². The molecule has 19 heavy (non-hydrogen) atoms. The number of carbonyl (C=O) groups excluding carboxylic acids is 1. The number of hydrogen-bond donors (Lipinski definition) is 1. The maximum Gasteiger partial charge on any atom is 0.330 e. The topological polar surface area (TPSA) is 65.0 Å². The Bertz CT molecular complexity index is 410. The highest BCUT2D eigenvalue weighted by atomic mass is 16.6. The summed E-state index contributed by atoms with van der Waals surface area (Å²) in [6.07, 6.45) is 2.67. The van der Waals surface area contributed by atoms with E-state index in [0.717, 1.165) is 5.56 Å². The van der Waals surface area contributed by atoms with E-state index in [1.165, 1.54) is 13.2 Å². The molecule has 0 radical (unpaired) electrons. The molecule has 104 valence electrons. The van der Waals surface area contributed by atoms with Gasteiger partial charge in [-0.05, 0) is 23.8 Å². The zero-order valence-corrected chi connectivity index (χ0v) is 11.0. The van der Waals surface area contributed by atoms with E-state index in [9.17, 15) is 4.79 Å². The molecule has 1 aromatic rings. The summed E-state index contributed by atoms with van der Waals surface area (Å²) in [6, 6.07) is 6.49. The molecule has 0 heterocycles. The zero-order chi connectivity index (χ0) is 14.1. The van der Waals surface area contributed by atoms with Crippen LogP contribution in [0.25, 0.3) is 6.08 Å². The number of rotatable bonds is 7. The minimum Gasteiger partial charge on any atom is -0.508 e. The van der Waals surface area contributed by atoms with Gasteiger partial charge >= 0.3 is 5.97 Å². The predicted molar refractivity (Wildman–Crippen MR) is 70.8 cm³/mol. The fourth-order valence-corrected chi connectivity index (χ4v) is 1.34. The Morgan fingerprint density at radius 3 is 2.53 bits per heavy atom. The molecule has 0 spiro atoms. The minimum absolute atomic E-state index is 0.142. The fourth-order valence-electron chi connectivity index (χ4n) is 1.34. The van der Waals surface area contributed by atoms with Gasteiger partial charge in [-0.25, -0.2) is 4.79 Å². The first-order chi connectivity index (χ1) is 9.15. The second-order valence-electron chi connectivity index (χ2n) is 3.87. The Morgan fingerprint density at radius 2 is 1.95 bits per heavy atom. The summed E-state index contributed by atoms with van der Waals surface area (Å²) in [4.78, 5) is 11.5. The number of aromatic hydroxyl groups is 1. The Morgan fingerprint density at radius 1 is 1.26 bits per heavy atom. The van der Waals surface area contributed by atoms with Crippen molar-refractivity contribution >= 4 is 12.0 Å².